The highest BCUT2D eigenvalue weighted by Gasteiger charge is 2.04. The molecule has 0 unspecified atom stereocenters. The normalized spacial score (nSPS) is 10.7. The third kappa shape index (κ3) is 13.1. The van der Waals surface area contributed by atoms with Gasteiger partial charge in [-0.2, -0.15) is 0 Å². The van der Waals surface area contributed by atoms with Gasteiger partial charge >= 0.3 is 11.9 Å². The number of carboxylic acid groups (broad SMARTS) is 1. The highest BCUT2D eigenvalue weighted by molar-refractivity contribution is 5.87. The Labute approximate surface area is 128 Å². The van der Waals surface area contributed by atoms with Crippen molar-refractivity contribution < 1.29 is 19.4 Å². The Balaban J connectivity index is 0. The number of allylic oxidation sites excluding steroid dienone is 1. The molecule has 0 aliphatic carbocycles. The molecule has 21 heavy (non-hydrogen) atoms. The molecule has 0 saturated heterocycles. The van der Waals surface area contributed by atoms with Gasteiger partial charge in [-0.25, -0.2) is 9.59 Å². The lowest BCUT2D eigenvalue weighted by Gasteiger charge is -2.17. The van der Waals surface area contributed by atoms with Gasteiger partial charge in [0.25, 0.3) is 0 Å². The Morgan fingerprint density at radius 3 is 2.00 bits per heavy atom. The SMILES string of the molecule is C=C(C)C(=O)OCCN(CC)CC.CCC=C(C)C(=O)O. The van der Waals surface area contributed by atoms with Crippen molar-refractivity contribution in [3.05, 3.63) is 23.8 Å². The van der Waals surface area contributed by atoms with Crippen LogP contribution < -0.4 is 0 Å². The van der Waals surface area contributed by atoms with Crippen molar-refractivity contribution in [2.75, 3.05) is 26.2 Å². The summed E-state index contributed by atoms with van der Waals surface area (Å²) in [5.74, 6) is -1.13. The highest BCUT2D eigenvalue weighted by atomic mass is 16.5. The maximum absolute atomic E-state index is 11.0. The topological polar surface area (TPSA) is 66.8 Å². The number of esters is 1. The van der Waals surface area contributed by atoms with Crippen molar-refractivity contribution in [2.24, 2.45) is 0 Å². The van der Waals surface area contributed by atoms with E-state index in [1.54, 1.807) is 19.9 Å². The van der Waals surface area contributed by atoms with Crippen molar-refractivity contribution in [2.45, 2.75) is 41.0 Å². The predicted octanol–water partition coefficient (Wildman–Crippen LogP) is 2.87. The van der Waals surface area contributed by atoms with Gasteiger partial charge < -0.3 is 14.7 Å². The van der Waals surface area contributed by atoms with Gasteiger partial charge in [0.1, 0.15) is 6.61 Å². The molecule has 0 aliphatic heterocycles. The number of likely N-dealkylation sites (N-methyl/N-ethyl adjacent to an activating group) is 1. The maximum Gasteiger partial charge on any atom is 0.333 e. The van der Waals surface area contributed by atoms with E-state index in [0.29, 0.717) is 17.8 Å². The number of nitrogens with zero attached hydrogens (tertiary/aromatic N) is 1. The van der Waals surface area contributed by atoms with Gasteiger partial charge in [-0.05, 0) is 33.4 Å². The molecule has 0 fully saturated rings. The summed E-state index contributed by atoms with van der Waals surface area (Å²) in [5.41, 5.74) is 0.882. The average Bonchev–Trinajstić information content (AvgIpc) is 2.44. The van der Waals surface area contributed by atoms with E-state index >= 15 is 0 Å². The van der Waals surface area contributed by atoms with Crippen LogP contribution in [0, 0.1) is 0 Å². The van der Waals surface area contributed by atoms with Gasteiger partial charge in [0.15, 0.2) is 0 Å². The molecule has 0 rings (SSSR count). The van der Waals surface area contributed by atoms with Gasteiger partial charge in [-0.1, -0.05) is 33.4 Å². The lowest BCUT2D eigenvalue weighted by atomic mass is 10.2. The third-order valence-corrected chi connectivity index (χ3v) is 2.73. The van der Waals surface area contributed by atoms with E-state index in [2.05, 4.69) is 25.3 Å². The largest absolute Gasteiger partial charge is 0.478 e. The molecule has 0 radical (unpaired) electrons. The van der Waals surface area contributed by atoms with Crippen LogP contribution in [0.1, 0.15) is 41.0 Å². The molecule has 0 amide bonds. The zero-order valence-corrected chi connectivity index (χ0v) is 13.9. The molecule has 0 bridgehead atoms. The summed E-state index contributed by atoms with van der Waals surface area (Å²) in [5, 5.41) is 8.24. The van der Waals surface area contributed by atoms with Crippen molar-refractivity contribution in [1.82, 2.24) is 4.90 Å². The summed E-state index contributed by atoms with van der Waals surface area (Å²) in [7, 11) is 0. The number of hydrogen-bond donors (Lipinski definition) is 1. The van der Waals surface area contributed by atoms with Crippen LogP contribution in [0.3, 0.4) is 0 Å². The van der Waals surface area contributed by atoms with Gasteiger partial charge in [-0.15, -0.1) is 0 Å². The second-order valence-corrected chi connectivity index (χ2v) is 4.54. The molecular formula is C16H29NO4. The molecule has 0 aromatic carbocycles. The quantitative estimate of drug-likeness (QED) is 0.551. The van der Waals surface area contributed by atoms with Crippen LogP contribution in [0.4, 0.5) is 0 Å². The molecular weight excluding hydrogens is 270 g/mol. The van der Waals surface area contributed by atoms with Crippen molar-refractivity contribution in [3.8, 4) is 0 Å². The fraction of sp³-hybridized carbons (Fsp3) is 0.625. The van der Waals surface area contributed by atoms with E-state index in [1.165, 1.54) is 0 Å². The number of ether oxygens (including phenoxy) is 1. The minimum atomic E-state index is -0.827. The summed E-state index contributed by atoms with van der Waals surface area (Å²) in [6, 6.07) is 0. The van der Waals surface area contributed by atoms with Crippen LogP contribution in [0.5, 0.6) is 0 Å². The van der Waals surface area contributed by atoms with E-state index in [-0.39, 0.29) is 5.97 Å². The Morgan fingerprint density at radius 2 is 1.71 bits per heavy atom. The predicted molar refractivity (Wildman–Crippen MR) is 85.2 cm³/mol. The van der Waals surface area contributed by atoms with E-state index in [4.69, 9.17) is 9.84 Å². The first-order chi connectivity index (χ1) is 9.79. The molecule has 122 valence electrons. The Kier molecular flexibility index (Phi) is 13.8. The molecule has 1 N–H and O–H groups in total. The van der Waals surface area contributed by atoms with Crippen LogP contribution >= 0.6 is 0 Å². The van der Waals surface area contributed by atoms with Crippen LogP contribution in [0.2, 0.25) is 0 Å². The molecule has 0 aromatic heterocycles. The van der Waals surface area contributed by atoms with Crippen LogP contribution in [-0.4, -0.2) is 48.2 Å². The fourth-order valence-corrected chi connectivity index (χ4v) is 1.32. The summed E-state index contributed by atoms with van der Waals surface area (Å²) >= 11 is 0. The summed E-state index contributed by atoms with van der Waals surface area (Å²) in [6.45, 7) is 16.1. The number of carboxylic acids is 1. The van der Waals surface area contributed by atoms with Gasteiger partial charge in [0.2, 0.25) is 0 Å². The molecule has 0 saturated carbocycles. The molecule has 0 spiro atoms. The van der Waals surface area contributed by atoms with Gasteiger partial charge in [-0.3, -0.25) is 0 Å². The van der Waals surface area contributed by atoms with Gasteiger partial charge in [0.05, 0.1) is 0 Å². The summed E-state index contributed by atoms with van der Waals surface area (Å²) in [4.78, 5) is 23.2. The second kappa shape index (κ2) is 13.4. The van der Waals surface area contributed by atoms with Gasteiger partial charge in [0, 0.05) is 17.7 Å². The van der Waals surface area contributed by atoms with Crippen LogP contribution in [-0.2, 0) is 14.3 Å². The lowest BCUT2D eigenvalue weighted by Crippen LogP contribution is -2.27. The lowest BCUT2D eigenvalue weighted by molar-refractivity contribution is -0.139. The first-order valence-corrected chi connectivity index (χ1v) is 7.25. The monoisotopic (exact) mass is 299 g/mol. The zero-order chi connectivity index (χ0) is 16.8. The minimum absolute atomic E-state index is 0.299. The minimum Gasteiger partial charge on any atom is -0.478 e. The number of hydrogen-bond acceptors (Lipinski definition) is 4. The number of rotatable bonds is 8. The Hall–Kier alpha value is -1.62. The van der Waals surface area contributed by atoms with Crippen molar-refractivity contribution in [3.63, 3.8) is 0 Å². The van der Waals surface area contributed by atoms with Crippen molar-refractivity contribution >= 4 is 11.9 Å². The maximum atomic E-state index is 11.0. The first kappa shape index (κ1) is 21.7. The molecule has 0 aliphatic rings. The molecule has 0 heterocycles. The molecule has 5 heteroatoms. The van der Waals surface area contributed by atoms with E-state index in [1.807, 2.05) is 6.92 Å². The second-order valence-electron chi connectivity index (χ2n) is 4.54. The molecule has 0 atom stereocenters. The van der Waals surface area contributed by atoms with E-state index in [9.17, 15) is 9.59 Å². The third-order valence-electron chi connectivity index (χ3n) is 2.73. The summed E-state index contributed by atoms with van der Waals surface area (Å²) < 4.78 is 4.96. The van der Waals surface area contributed by atoms with E-state index < -0.39 is 5.97 Å². The van der Waals surface area contributed by atoms with Crippen LogP contribution in [0.25, 0.3) is 0 Å². The van der Waals surface area contributed by atoms with Crippen molar-refractivity contribution in [1.29, 1.82) is 0 Å². The first-order valence-electron chi connectivity index (χ1n) is 7.25. The standard InChI is InChI=1S/C10H19NO2.C6H10O2/c1-5-11(6-2)7-8-13-10(12)9(3)4;1-3-4-5(2)6(7)8/h3,5-8H2,1-2,4H3;4H,3H2,1-2H3,(H,7,8). The zero-order valence-electron chi connectivity index (χ0n) is 13.9. The smallest absolute Gasteiger partial charge is 0.333 e. The number of carbonyl (C=O) groups excluding carboxylic acids is 1. The highest BCUT2D eigenvalue weighted by Crippen LogP contribution is 1.93. The Morgan fingerprint density at radius 1 is 1.19 bits per heavy atom. The molecule has 5 nitrogen and oxygen atoms in total. The number of carbonyl (C=O) groups is 2. The number of aliphatic carboxylic acids is 1. The summed E-state index contributed by atoms with van der Waals surface area (Å²) in [6.07, 6.45) is 2.47. The Bertz CT molecular complexity index is 357. The average molecular weight is 299 g/mol. The van der Waals surface area contributed by atoms with Crippen LogP contribution in [0.15, 0.2) is 23.8 Å². The van der Waals surface area contributed by atoms with E-state index in [0.717, 1.165) is 26.1 Å². The molecule has 0 aromatic rings. The fourth-order valence-electron chi connectivity index (χ4n) is 1.32.